The van der Waals surface area contributed by atoms with Gasteiger partial charge >= 0.3 is 5.97 Å². The Morgan fingerprint density at radius 1 is 1.35 bits per heavy atom. The first-order chi connectivity index (χ1) is 8.01. The Morgan fingerprint density at radius 3 is 2.41 bits per heavy atom. The minimum absolute atomic E-state index is 0.0125. The van der Waals surface area contributed by atoms with E-state index in [1.54, 1.807) is 0 Å². The topological polar surface area (TPSA) is 69.6 Å². The van der Waals surface area contributed by atoms with Crippen LogP contribution in [0.5, 0.6) is 0 Å². The van der Waals surface area contributed by atoms with Gasteiger partial charge in [0.25, 0.3) is 0 Å². The number of carboxylic acid groups (broad SMARTS) is 1. The normalized spacial score (nSPS) is 14.9. The van der Waals surface area contributed by atoms with Gasteiger partial charge < -0.3 is 15.5 Å². The molecule has 0 aliphatic heterocycles. The van der Waals surface area contributed by atoms with Crippen molar-refractivity contribution in [2.75, 3.05) is 13.2 Å². The lowest BCUT2D eigenvalue weighted by Crippen LogP contribution is -2.39. The molecule has 0 aliphatic carbocycles. The Bertz CT molecular complexity index is 207. The van der Waals surface area contributed by atoms with E-state index in [1.165, 1.54) is 0 Å². The van der Waals surface area contributed by atoms with Crippen LogP contribution in [0.25, 0.3) is 0 Å². The van der Waals surface area contributed by atoms with E-state index < -0.39 is 5.97 Å². The lowest BCUT2D eigenvalue weighted by Gasteiger charge is -2.21. The van der Waals surface area contributed by atoms with Gasteiger partial charge in [0.1, 0.15) is 0 Å². The van der Waals surface area contributed by atoms with Crippen molar-refractivity contribution in [3.05, 3.63) is 0 Å². The number of aliphatic hydroxyl groups excluding tert-OH is 1. The van der Waals surface area contributed by atoms with E-state index in [2.05, 4.69) is 26.1 Å². The summed E-state index contributed by atoms with van der Waals surface area (Å²) in [5.74, 6) is -0.582. The van der Waals surface area contributed by atoms with Crippen LogP contribution in [0.2, 0.25) is 0 Å². The molecule has 0 amide bonds. The zero-order chi connectivity index (χ0) is 13.3. The summed E-state index contributed by atoms with van der Waals surface area (Å²) in [6.07, 6.45) is 3.53. The van der Waals surface area contributed by atoms with Crippen molar-refractivity contribution in [3.8, 4) is 0 Å². The van der Waals surface area contributed by atoms with Crippen LogP contribution in [0.15, 0.2) is 0 Å². The maximum atomic E-state index is 11.0. The Kier molecular flexibility index (Phi) is 9.09. The first kappa shape index (κ1) is 16.4. The van der Waals surface area contributed by atoms with Gasteiger partial charge in [0, 0.05) is 12.6 Å². The number of rotatable bonds is 10. The number of aliphatic carboxylic acids is 1. The Labute approximate surface area is 104 Å². The second kappa shape index (κ2) is 9.42. The third kappa shape index (κ3) is 8.16. The van der Waals surface area contributed by atoms with E-state index in [-0.39, 0.29) is 18.6 Å². The van der Waals surface area contributed by atoms with Gasteiger partial charge in [0.15, 0.2) is 0 Å². The number of hydrogen-bond donors (Lipinski definition) is 3. The summed E-state index contributed by atoms with van der Waals surface area (Å²) >= 11 is 0. The molecule has 0 saturated carbocycles. The highest BCUT2D eigenvalue weighted by Gasteiger charge is 2.18. The van der Waals surface area contributed by atoms with Gasteiger partial charge in [-0.1, -0.05) is 33.6 Å². The number of carboxylic acids is 1. The van der Waals surface area contributed by atoms with Crippen molar-refractivity contribution in [1.29, 1.82) is 0 Å². The molecule has 0 fully saturated rings. The first-order valence-electron chi connectivity index (χ1n) is 6.58. The van der Waals surface area contributed by atoms with Gasteiger partial charge in [-0.3, -0.25) is 4.79 Å². The second-order valence-corrected chi connectivity index (χ2v) is 5.09. The van der Waals surface area contributed by atoms with Crippen molar-refractivity contribution < 1.29 is 15.0 Å². The van der Waals surface area contributed by atoms with E-state index in [0.29, 0.717) is 18.9 Å². The molecular weight excluding hydrogens is 218 g/mol. The molecular formula is C13H27NO3. The minimum Gasteiger partial charge on any atom is -0.481 e. The largest absolute Gasteiger partial charge is 0.481 e. The van der Waals surface area contributed by atoms with Crippen molar-refractivity contribution >= 4 is 5.97 Å². The van der Waals surface area contributed by atoms with Gasteiger partial charge in [-0.2, -0.15) is 0 Å². The Hall–Kier alpha value is -0.610. The summed E-state index contributed by atoms with van der Waals surface area (Å²) in [4.78, 5) is 11.0. The van der Waals surface area contributed by atoms with Crippen LogP contribution in [0.1, 0.15) is 46.5 Å². The lowest BCUT2D eigenvalue weighted by molar-refractivity contribution is -0.141. The van der Waals surface area contributed by atoms with Crippen molar-refractivity contribution in [2.45, 2.75) is 52.5 Å². The zero-order valence-electron chi connectivity index (χ0n) is 11.3. The third-order valence-corrected chi connectivity index (χ3v) is 2.88. The van der Waals surface area contributed by atoms with Gasteiger partial charge in [0.05, 0.1) is 12.5 Å². The van der Waals surface area contributed by atoms with Gasteiger partial charge in [-0.25, -0.2) is 0 Å². The van der Waals surface area contributed by atoms with Crippen molar-refractivity contribution in [3.63, 3.8) is 0 Å². The molecule has 0 aromatic carbocycles. The summed E-state index contributed by atoms with van der Waals surface area (Å²) in [5.41, 5.74) is 0. The molecule has 2 atom stereocenters. The standard InChI is InChI=1S/C13H27NO3/c1-4-5-6-11(13(16)17)8-14-12(9-15)7-10(2)3/h10-12,14-15H,4-9H2,1-3H3,(H,16,17)/t11?,12-/m0/s1. The summed E-state index contributed by atoms with van der Waals surface area (Å²) in [5, 5.41) is 21.4. The quantitative estimate of drug-likeness (QED) is 0.549. The Morgan fingerprint density at radius 2 is 2.00 bits per heavy atom. The van der Waals surface area contributed by atoms with Gasteiger partial charge in [-0.15, -0.1) is 0 Å². The average Bonchev–Trinajstić information content (AvgIpc) is 2.26. The van der Waals surface area contributed by atoms with E-state index in [9.17, 15) is 9.90 Å². The molecule has 0 heterocycles. The van der Waals surface area contributed by atoms with Gasteiger partial charge in [0.2, 0.25) is 0 Å². The number of nitrogens with one attached hydrogen (secondary N) is 1. The zero-order valence-corrected chi connectivity index (χ0v) is 11.3. The fourth-order valence-electron chi connectivity index (χ4n) is 1.86. The van der Waals surface area contributed by atoms with E-state index in [0.717, 1.165) is 19.3 Å². The van der Waals surface area contributed by atoms with E-state index in [1.807, 2.05) is 0 Å². The molecule has 4 heteroatoms. The molecule has 0 radical (unpaired) electrons. The monoisotopic (exact) mass is 245 g/mol. The molecule has 102 valence electrons. The van der Waals surface area contributed by atoms with Crippen LogP contribution < -0.4 is 5.32 Å². The number of aliphatic hydroxyl groups is 1. The molecule has 0 rings (SSSR count). The summed E-state index contributed by atoms with van der Waals surface area (Å²) in [7, 11) is 0. The minimum atomic E-state index is -0.743. The SMILES string of the molecule is CCCCC(CN[C@H](CO)CC(C)C)C(=O)O. The number of hydrogen-bond acceptors (Lipinski definition) is 3. The van der Waals surface area contributed by atoms with Crippen LogP contribution in [0.4, 0.5) is 0 Å². The van der Waals surface area contributed by atoms with Crippen LogP contribution >= 0.6 is 0 Å². The van der Waals surface area contributed by atoms with Crippen molar-refractivity contribution in [1.82, 2.24) is 5.32 Å². The molecule has 0 aliphatic rings. The highest BCUT2D eigenvalue weighted by Crippen LogP contribution is 2.10. The van der Waals surface area contributed by atoms with Gasteiger partial charge in [-0.05, 0) is 18.8 Å². The first-order valence-corrected chi connectivity index (χ1v) is 6.58. The van der Waals surface area contributed by atoms with Crippen LogP contribution in [-0.4, -0.2) is 35.4 Å². The summed E-state index contributed by atoms with van der Waals surface area (Å²) < 4.78 is 0. The predicted molar refractivity (Wildman–Crippen MR) is 69.0 cm³/mol. The Balaban J connectivity index is 4.03. The third-order valence-electron chi connectivity index (χ3n) is 2.88. The maximum Gasteiger partial charge on any atom is 0.307 e. The molecule has 0 aromatic rings. The molecule has 0 aromatic heterocycles. The molecule has 0 bridgehead atoms. The second-order valence-electron chi connectivity index (χ2n) is 5.09. The lowest BCUT2D eigenvalue weighted by atomic mass is 10.00. The molecule has 4 nitrogen and oxygen atoms in total. The smallest absolute Gasteiger partial charge is 0.307 e. The van der Waals surface area contributed by atoms with E-state index in [4.69, 9.17) is 5.11 Å². The molecule has 0 saturated heterocycles. The summed E-state index contributed by atoms with van der Waals surface area (Å²) in [6, 6.07) is 0.0125. The average molecular weight is 245 g/mol. The van der Waals surface area contributed by atoms with Crippen molar-refractivity contribution in [2.24, 2.45) is 11.8 Å². The molecule has 17 heavy (non-hydrogen) atoms. The fourth-order valence-corrected chi connectivity index (χ4v) is 1.86. The summed E-state index contributed by atoms with van der Waals surface area (Å²) in [6.45, 7) is 6.76. The molecule has 0 spiro atoms. The van der Waals surface area contributed by atoms with Crippen LogP contribution in [0, 0.1) is 11.8 Å². The van der Waals surface area contributed by atoms with Crippen LogP contribution in [-0.2, 0) is 4.79 Å². The van der Waals surface area contributed by atoms with Crippen LogP contribution in [0.3, 0.4) is 0 Å². The molecule has 1 unspecified atom stereocenters. The predicted octanol–water partition coefficient (Wildman–Crippen LogP) is 1.87. The fraction of sp³-hybridized carbons (Fsp3) is 0.923. The maximum absolute atomic E-state index is 11.0. The number of unbranched alkanes of at least 4 members (excludes halogenated alkanes) is 1. The number of carbonyl (C=O) groups is 1. The molecule has 3 N–H and O–H groups in total. The van der Waals surface area contributed by atoms with E-state index >= 15 is 0 Å². The highest BCUT2D eigenvalue weighted by atomic mass is 16.4. The highest BCUT2D eigenvalue weighted by molar-refractivity contribution is 5.70.